The zero-order valence-corrected chi connectivity index (χ0v) is 11.9. The third kappa shape index (κ3) is 2.01. The molecule has 1 N–H and O–H groups in total. The van der Waals surface area contributed by atoms with Gasteiger partial charge in [0.2, 0.25) is 0 Å². The second-order valence-electron chi connectivity index (χ2n) is 4.43. The van der Waals surface area contributed by atoms with Crippen molar-refractivity contribution in [3.8, 4) is 0 Å². The number of nitrogens with zero attached hydrogens (tertiary/aromatic N) is 1. The molecule has 0 saturated carbocycles. The fourth-order valence-corrected chi connectivity index (χ4v) is 3.07. The molecule has 0 spiro atoms. The van der Waals surface area contributed by atoms with Gasteiger partial charge in [0.05, 0.1) is 10.2 Å². The van der Waals surface area contributed by atoms with Crippen LogP contribution in [0.2, 0.25) is 0 Å². The number of aliphatic hydroxyl groups is 1. The van der Waals surface area contributed by atoms with E-state index in [1.807, 2.05) is 39.0 Å². The van der Waals surface area contributed by atoms with E-state index in [2.05, 4.69) is 20.9 Å². The first-order chi connectivity index (χ1) is 7.41. The fraction of sp³-hybridized carbons (Fsp3) is 0.417. The summed E-state index contributed by atoms with van der Waals surface area (Å²) in [5, 5.41) is 11.2. The highest BCUT2D eigenvalue weighted by Crippen LogP contribution is 2.35. The predicted octanol–water partition coefficient (Wildman–Crippen LogP) is 3.92. The summed E-state index contributed by atoms with van der Waals surface area (Å²) >= 11 is 4.99. The van der Waals surface area contributed by atoms with Crippen molar-refractivity contribution in [3.05, 3.63) is 27.7 Å². The van der Waals surface area contributed by atoms with E-state index in [0.717, 1.165) is 19.7 Å². The maximum absolute atomic E-state index is 10.4. The number of aromatic nitrogens is 1. The summed E-state index contributed by atoms with van der Waals surface area (Å²) in [6, 6.07) is 5.97. The van der Waals surface area contributed by atoms with Crippen LogP contribution in [0.4, 0.5) is 0 Å². The van der Waals surface area contributed by atoms with Crippen LogP contribution in [0.15, 0.2) is 22.7 Å². The van der Waals surface area contributed by atoms with Crippen LogP contribution in [0.25, 0.3) is 10.2 Å². The molecule has 86 valence electrons. The molecule has 1 aromatic heterocycles. The lowest BCUT2D eigenvalue weighted by molar-refractivity contribution is 0.00904. The van der Waals surface area contributed by atoms with Crippen molar-refractivity contribution < 1.29 is 5.11 Å². The minimum atomic E-state index is -0.851. The van der Waals surface area contributed by atoms with E-state index < -0.39 is 5.60 Å². The molecular formula is C12H14BrNOS. The van der Waals surface area contributed by atoms with Crippen LogP contribution in [0, 0.1) is 5.92 Å². The first-order valence-corrected chi connectivity index (χ1v) is 6.81. The summed E-state index contributed by atoms with van der Waals surface area (Å²) in [5.41, 5.74) is 0.0972. The molecule has 0 fully saturated rings. The molecule has 0 radical (unpaired) electrons. The average molecular weight is 300 g/mol. The highest BCUT2D eigenvalue weighted by atomic mass is 79.9. The Labute approximate surface area is 107 Å². The van der Waals surface area contributed by atoms with Crippen LogP contribution < -0.4 is 0 Å². The van der Waals surface area contributed by atoms with Crippen molar-refractivity contribution >= 4 is 37.5 Å². The molecule has 1 atom stereocenters. The number of thiazole rings is 1. The lowest BCUT2D eigenvalue weighted by Gasteiger charge is -2.24. The van der Waals surface area contributed by atoms with Crippen molar-refractivity contribution in [2.75, 3.05) is 0 Å². The van der Waals surface area contributed by atoms with Gasteiger partial charge in [0.15, 0.2) is 0 Å². The normalized spacial score (nSPS) is 15.6. The summed E-state index contributed by atoms with van der Waals surface area (Å²) in [4.78, 5) is 4.49. The topological polar surface area (TPSA) is 33.1 Å². The molecule has 0 saturated heterocycles. The van der Waals surface area contributed by atoms with Gasteiger partial charge in [0.1, 0.15) is 10.6 Å². The number of hydrogen-bond acceptors (Lipinski definition) is 3. The van der Waals surface area contributed by atoms with Crippen molar-refractivity contribution in [2.24, 2.45) is 5.92 Å². The van der Waals surface area contributed by atoms with Crippen LogP contribution >= 0.6 is 27.3 Å². The van der Waals surface area contributed by atoms with Crippen LogP contribution in [0.1, 0.15) is 25.8 Å². The molecule has 2 nitrogen and oxygen atoms in total. The van der Waals surface area contributed by atoms with Gasteiger partial charge in [-0.25, -0.2) is 4.98 Å². The Hall–Kier alpha value is -0.450. The van der Waals surface area contributed by atoms with Gasteiger partial charge >= 0.3 is 0 Å². The first-order valence-electron chi connectivity index (χ1n) is 5.20. The monoisotopic (exact) mass is 299 g/mol. The molecule has 2 rings (SSSR count). The Kier molecular flexibility index (Phi) is 3.07. The Morgan fingerprint density at radius 2 is 2.12 bits per heavy atom. The van der Waals surface area contributed by atoms with Crippen molar-refractivity contribution in [1.82, 2.24) is 4.98 Å². The smallest absolute Gasteiger partial charge is 0.126 e. The standard InChI is InChI=1S/C12H14BrNOS/c1-7(2)12(3,15)11-14-9-5-4-8(13)6-10(9)16-11/h4-7,15H,1-3H3. The van der Waals surface area contributed by atoms with E-state index in [9.17, 15) is 5.11 Å². The maximum atomic E-state index is 10.4. The Bertz CT molecular complexity index is 519. The molecule has 1 aromatic carbocycles. The molecule has 0 aliphatic rings. The summed E-state index contributed by atoms with van der Waals surface area (Å²) in [6.07, 6.45) is 0. The quantitative estimate of drug-likeness (QED) is 0.912. The van der Waals surface area contributed by atoms with Gasteiger partial charge in [0.25, 0.3) is 0 Å². The minimum absolute atomic E-state index is 0.150. The van der Waals surface area contributed by atoms with E-state index in [1.54, 1.807) is 11.3 Å². The third-order valence-electron chi connectivity index (χ3n) is 2.91. The highest BCUT2D eigenvalue weighted by molar-refractivity contribution is 9.10. The molecule has 4 heteroatoms. The molecule has 0 amide bonds. The maximum Gasteiger partial charge on any atom is 0.126 e. The molecule has 0 aliphatic heterocycles. The largest absolute Gasteiger partial charge is 0.383 e. The number of halogens is 1. The summed E-state index contributed by atoms with van der Waals surface area (Å²) < 4.78 is 2.14. The van der Waals surface area contributed by atoms with Crippen molar-refractivity contribution in [2.45, 2.75) is 26.4 Å². The first kappa shape index (κ1) is 12.0. The van der Waals surface area contributed by atoms with Gasteiger partial charge in [-0.3, -0.25) is 0 Å². The minimum Gasteiger partial charge on any atom is -0.383 e. The zero-order chi connectivity index (χ0) is 11.9. The molecule has 16 heavy (non-hydrogen) atoms. The van der Waals surface area contributed by atoms with Gasteiger partial charge in [-0.2, -0.15) is 0 Å². The number of benzene rings is 1. The Morgan fingerprint density at radius 1 is 1.44 bits per heavy atom. The molecule has 1 unspecified atom stereocenters. The lowest BCUT2D eigenvalue weighted by Crippen LogP contribution is -2.27. The van der Waals surface area contributed by atoms with Gasteiger partial charge < -0.3 is 5.11 Å². The lowest BCUT2D eigenvalue weighted by atomic mass is 9.93. The van der Waals surface area contributed by atoms with Crippen molar-refractivity contribution in [3.63, 3.8) is 0 Å². The van der Waals surface area contributed by atoms with Crippen LogP contribution in [0.3, 0.4) is 0 Å². The molecular weight excluding hydrogens is 286 g/mol. The van der Waals surface area contributed by atoms with Crippen LogP contribution in [-0.4, -0.2) is 10.1 Å². The number of hydrogen-bond donors (Lipinski definition) is 1. The highest BCUT2D eigenvalue weighted by Gasteiger charge is 2.30. The van der Waals surface area contributed by atoms with Gasteiger partial charge in [-0.1, -0.05) is 29.8 Å². The SMILES string of the molecule is CC(C)C(C)(O)c1nc2ccc(Br)cc2s1. The molecule has 0 aliphatic carbocycles. The van der Waals surface area contributed by atoms with Gasteiger partial charge in [-0.05, 0) is 31.0 Å². The van der Waals surface area contributed by atoms with E-state index in [-0.39, 0.29) is 5.92 Å². The van der Waals surface area contributed by atoms with E-state index >= 15 is 0 Å². The average Bonchev–Trinajstić information content (AvgIpc) is 2.60. The van der Waals surface area contributed by atoms with Crippen LogP contribution in [0.5, 0.6) is 0 Å². The molecule has 2 aromatic rings. The van der Waals surface area contributed by atoms with Gasteiger partial charge in [-0.15, -0.1) is 11.3 Å². The van der Waals surface area contributed by atoms with E-state index in [4.69, 9.17) is 0 Å². The summed E-state index contributed by atoms with van der Waals surface area (Å²) in [5.74, 6) is 0.150. The van der Waals surface area contributed by atoms with E-state index in [1.165, 1.54) is 0 Å². The molecule has 1 heterocycles. The van der Waals surface area contributed by atoms with E-state index in [0.29, 0.717) is 0 Å². The van der Waals surface area contributed by atoms with Crippen LogP contribution in [-0.2, 0) is 5.60 Å². The second kappa shape index (κ2) is 4.09. The summed E-state index contributed by atoms with van der Waals surface area (Å²) in [7, 11) is 0. The molecule has 0 bridgehead atoms. The zero-order valence-electron chi connectivity index (χ0n) is 9.49. The second-order valence-corrected chi connectivity index (χ2v) is 6.38. The summed E-state index contributed by atoms with van der Waals surface area (Å²) in [6.45, 7) is 5.83. The fourth-order valence-electron chi connectivity index (χ4n) is 1.36. The number of rotatable bonds is 2. The predicted molar refractivity (Wildman–Crippen MR) is 71.7 cm³/mol. The Balaban J connectivity index is 2.55. The number of fused-ring (bicyclic) bond motifs is 1. The van der Waals surface area contributed by atoms with Gasteiger partial charge in [0, 0.05) is 4.47 Å². The third-order valence-corrected chi connectivity index (χ3v) is 4.65. The van der Waals surface area contributed by atoms with Crippen molar-refractivity contribution in [1.29, 1.82) is 0 Å². The Morgan fingerprint density at radius 3 is 2.75 bits per heavy atom.